The second-order valence-electron chi connectivity index (χ2n) is 10.2. The fraction of sp³-hybridized carbons (Fsp3) is 0.600. The SMILES string of the molecule is c1ccc(CN2CCCN(Cc3ccc(OCCCCC4CCCCCC4)cc3)CC2)cc1. The first-order chi connectivity index (χ1) is 16.3. The molecule has 0 aromatic heterocycles. The van der Waals surface area contributed by atoms with E-state index in [9.17, 15) is 0 Å². The second kappa shape index (κ2) is 13.8. The van der Waals surface area contributed by atoms with Crippen molar-refractivity contribution in [1.82, 2.24) is 9.80 Å². The molecule has 0 radical (unpaired) electrons. The molecule has 0 atom stereocenters. The predicted octanol–water partition coefficient (Wildman–Crippen LogP) is 6.91. The average molecular weight is 449 g/mol. The highest BCUT2D eigenvalue weighted by Gasteiger charge is 2.15. The van der Waals surface area contributed by atoms with Crippen LogP contribution in [0.3, 0.4) is 0 Å². The lowest BCUT2D eigenvalue weighted by Gasteiger charge is -2.22. The van der Waals surface area contributed by atoms with Gasteiger partial charge in [0.1, 0.15) is 5.75 Å². The Balaban J connectivity index is 1.12. The Morgan fingerprint density at radius 3 is 1.94 bits per heavy atom. The average Bonchev–Trinajstić information content (AvgIpc) is 3.24. The van der Waals surface area contributed by atoms with E-state index < -0.39 is 0 Å². The normalized spacial score (nSPS) is 19.2. The molecule has 4 rings (SSSR count). The van der Waals surface area contributed by atoms with Gasteiger partial charge in [-0.05, 0) is 61.5 Å². The van der Waals surface area contributed by atoms with Crippen LogP contribution in [0.2, 0.25) is 0 Å². The summed E-state index contributed by atoms with van der Waals surface area (Å²) in [5.41, 5.74) is 2.82. The van der Waals surface area contributed by atoms with Crippen LogP contribution in [0.15, 0.2) is 54.6 Å². The van der Waals surface area contributed by atoms with Crippen LogP contribution in [0, 0.1) is 5.92 Å². The van der Waals surface area contributed by atoms with E-state index in [4.69, 9.17) is 4.74 Å². The van der Waals surface area contributed by atoms with E-state index in [0.29, 0.717) is 0 Å². The van der Waals surface area contributed by atoms with Crippen molar-refractivity contribution in [2.75, 3.05) is 32.8 Å². The molecule has 1 heterocycles. The van der Waals surface area contributed by atoms with Crippen LogP contribution < -0.4 is 4.74 Å². The first-order valence-electron chi connectivity index (χ1n) is 13.6. The topological polar surface area (TPSA) is 15.7 Å². The molecule has 3 nitrogen and oxygen atoms in total. The number of benzene rings is 2. The zero-order valence-electron chi connectivity index (χ0n) is 20.6. The number of hydrogen-bond acceptors (Lipinski definition) is 3. The first-order valence-corrected chi connectivity index (χ1v) is 13.6. The van der Waals surface area contributed by atoms with Gasteiger partial charge in [0.25, 0.3) is 0 Å². The fourth-order valence-corrected chi connectivity index (χ4v) is 5.51. The van der Waals surface area contributed by atoms with Gasteiger partial charge in [0.2, 0.25) is 0 Å². The summed E-state index contributed by atoms with van der Waals surface area (Å²) in [6.07, 6.45) is 13.9. The Hall–Kier alpha value is -1.84. The van der Waals surface area contributed by atoms with Gasteiger partial charge < -0.3 is 4.74 Å². The van der Waals surface area contributed by atoms with Crippen LogP contribution in [0.4, 0.5) is 0 Å². The van der Waals surface area contributed by atoms with E-state index in [2.05, 4.69) is 64.4 Å². The highest BCUT2D eigenvalue weighted by Crippen LogP contribution is 2.27. The monoisotopic (exact) mass is 448 g/mol. The third-order valence-corrected chi connectivity index (χ3v) is 7.51. The Labute approximate surface area is 202 Å². The van der Waals surface area contributed by atoms with Crippen molar-refractivity contribution in [2.24, 2.45) is 5.92 Å². The highest BCUT2D eigenvalue weighted by molar-refractivity contribution is 5.27. The van der Waals surface area contributed by atoms with E-state index in [0.717, 1.165) is 44.5 Å². The molecule has 1 saturated carbocycles. The van der Waals surface area contributed by atoms with Gasteiger partial charge in [-0.15, -0.1) is 0 Å². The predicted molar refractivity (Wildman–Crippen MR) is 139 cm³/mol. The minimum Gasteiger partial charge on any atom is -0.494 e. The Morgan fingerprint density at radius 2 is 1.27 bits per heavy atom. The molecular formula is C30H44N2O. The van der Waals surface area contributed by atoms with Crippen molar-refractivity contribution in [3.05, 3.63) is 65.7 Å². The Morgan fingerprint density at radius 1 is 0.636 bits per heavy atom. The van der Waals surface area contributed by atoms with Crippen molar-refractivity contribution >= 4 is 0 Å². The summed E-state index contributed by atoms with van der Waals surface area (Å²) in [6.45, 7) is 7.64. The summed E-state index contributed by atoms with van der Waals surface area (Å²) in [7, 11) is 0. The van der Waals surface area contributed by atoms with Crippen molar-refractivity contribution in [1.29, 1.82) is 0 Å². The van der Waals surface area contributed by atoms with E-state index in [1.165, 1.54) is 88.4 Å². The smallest absolute Gasteiger partial charge is 0.119 e. The lowest BCUT2D eigenvalue weighted by atomic mass is 9.94. The molecule has 1 aliphatic heterocycles. The van der Waals surface area contributed by atoms with Crippen LogP contribution in [-0.4, -0.2) is 42.6 Å². The van der Waals surface area contributed by atoms with Gasteiger partial charge in [0, 0.05) is 26.2 Å². The van der Waals surface area contributed by atoms with Crippen LogP contribution in [-0.2, 0) is 13.1 Å². The van der Waals surface area contributed by atoms with Gasteiger partial charge in [-0.1, -0.05) is 87.4 Å². The highest BCUT2D eigenvalue weighted by atomic mass is 16.5. The van der Waals surface area contributed by atoms with E-state index in [1.807, 2.05) is 0 Å². The standard InChI is InChI=1S/C30H44N2O/c1-2-5-12-27(11-4-1)13-8-9-24-33-30-18-16-29(17-19-30)26-32-21-10-20-31(22-23-32)25-28-14-6-3-7-15-28/h3,6-7,14-19,27H,1-2,4-5,8-13,20-26H2. The molecule has 3 heteroatoms. The van der Waals surface area contributed by atoms with Gasteiger partial charge >= 0.3 is 0 Å². The van der Waals surface area contributed by atoms with Crippen molar-refractivity contribution in [3.63, 3.8) is 0 Å². The molecule has 0 amide bonds. The molecule has 2 aromatic carbocycles. The van der Waals surface area contributed by atoms with Gasteiger partial charge in [0.05, 0.1) is 6.61 Å². The first kappa shape index (κ1) is 24.3. The summed E-state index contributed by atoms with van der Waals surface area (Å²) in [5, 5.41) is 0. The van der Waals surface area contributed by atoms with E-state index in [-0.39, 0.29) is 0 Å². The quantitative estimate of drug-likeness (QED) is 0.290. The number of ether oxygens (including phenoxy) is 1. The van der Waals surface area contributed by atoms with Gasteiger partial charge in [-0.2, -0.15) is 0 Å². The van der Waals surface area contributed by atoms with Crippen LogP contribution in [0.5, 0.6) is 5.75 Å². The maximum atomic E-state index is 6.04. The Kier molecular flexibility index (Phi) is 10.1. The molecule has 2 aliphatic rings. The molecule has 0 unspecified atom stereocenters. The summed E-state index contributed by atoms with van der Waals surface area (Å²) in [5.74, 6) is 2.01. The number of unbranched alkanes of at least 4 members (excludes halogenated alkanes) is 1. The molecule has 0 N–H and O–H groups in total. The summed E-state index contributed by atoms with van der Waals surface area (Å²) >= 11 is 0. The second-order valence-corrected chi connectivity index (χ2v) is 10.2. The van der Waals surface area contributed by atoms with Gasteiger partial charge in [-0.25, -0.2) is 0 Å². The molecule has 1 saturated heterocycles. The maximum Gasteiger partial charge on any atom is 0.119 e. The van der Waals surface area contributed by atoms with E-state index in [1.54, 1.807) is 0 Å². The van der Waals surface area contributed by atoms with Crippen molar-refractivity contribution in [2.45, 2.75) is 77.3 Å². The number of nitrogens with zero attached hydrogens (tertiary/aromatic N) is 2. The van der Waals surface area contributed by atoms with Crippen LogP contribution >= 0.6 is 0 Å². The molecule has 180 valence electrons. The minimum atomic E-state index is 0.857. The van der Waals surface area contributed by atoms with Gasteiger partial charge in [-0.3, -0.25) is 9.80 Å². The Bertz CT molecular complexity index is 768. The van der Waals surface area contributed by atoms with Crippen LogP contribution in [0.25, 0.3) is 0 Å². The summed E-state index contributed by atoms with van der Waals surface area (Å²) in [6, 6.07) is 19.7. The lowest BCUT2D eigenvalue weighted by Crippen LogP contribution is -2.30. The largest absolute Gasteiger partial charge is 0.494 e. The zero-order chi connectivity index (χ0) is 22.6. The summed E-state index contributed by atoms with van der Waals surface area (Å²) < 4.78 is 6.04. The number of rotatable bonds is 10. The molecule has 0 bridgehead atoms. The van der Waals surface area contributed by atoms with E-state index >= 15 is 0 Å². The maximum absolute atomic E-state index is 6.04. The van der Waals surface area contributed by atoms with Crippen LogP contribution in [0.1, 0.15) is 75.3 Å². The summed E-state index contributed by atoms with van der Waals surface area (Å²) in [4.78, 5) is 5.20. The zero-order valence-corrected chi connectivity index (χ0v) is 20.6. The molecule has 2 fully saturated rings. The molecule has 33 heavy (non-hydrogen) atoms. The third-order valence-electron chi connectivity index (χ3n) is 7.51. The molecule has 0 spiro atoms. The molecular weight excluding hydrogens is 404 g/mol. The van der Waals surface area contributed by atoms with Crippen molar-refractivity contribution in [3.8, 4) is 5.75 Å². The minimum absolute atomic E-state index is 0.857. The molecule has 2 aromatic rings. The molecule has 1 aliphatic carbocycles. The lowest BCUT2D eigenvalue weighted by molar-refractivity contribution is 0.247. The van der Waals surface area contributed by atoms with Crippen molar-refractivity contribution < 1.29 is 4.74 Å². The van der Waals surface area contributed by atoms with Gasteiger partial charge in [0.15, 0.2) is 0 Å². The number of hydrogen-bond donors (Lipinski definition) is 0. The fourth-order valence-electron chi connectivity index (χ4n) is 5.51. The third kappa shape index (κ3) is 8.79.